The first-order valence-corrected chi connectivity index (χ1v) is 6.07. The zero-order valence-electron chi connectivity index (χ0n) is 6.55. The third-order valence-electron chi connectivity index (χ3n) is 1.33. The number of phosphoric ester groups is 1. The van der Waals surface area contributed by atoms with Gasteiger partial charge in [0, 0.05) is 10.9 Å². The molecule has 1 rings (SSSR count). The minimum atomic E-state index is -4.45. The summed E-state index contributed by atoms with van der Waals surface area (Å²) in [5.74, 6) is 0.202. The van der Waals surface area contributed by atoms with Gasteiger partial charge in [-0.25, -0.2) is 4.57 Å². The van der Waals surface area contributed by atoms with Crippen LogP contribution >= 0.6 is 23.8 Å². The molecule has 6 heteroatoms. The zero-order chi connectivity index (χ0) is 9.90. The van der Waals surface area contributed by atoms with Crippen LogP contribution in [0.15, 0.2) is 24.3 Å². The van der Waals surface area contributed by atoms with E-state index >= 15 is 0 Å². The van der Waals surface area contributed by atoms with Gasteiger partial charge in [0.2, 0.25) is 0 Å². The van der Waals surface area contributed by atoms with Gasteiger partial charge in [-0.2, -0.15) is 0 Å². The van der Waals surface area contributed by atoms with Crippen molar-refractivity contribution in [2.24, 2.45) is 0 Å². The van der Waals surface area contributed by atoms with Gasteiger partial charge in [0.15, 0.2) is 0 Å². The number of halogens is 1. The molecule has 0 radical (unpaired) electrons. The molecule has 0 saturated heterocycles. The lowest BCUT2D eigenvalue weighted by atomic mass is 10.2. The van der Waals surface area contributed by atoms with Crippen LogP contribution in [-0.2, 0) is 9.90 Å². The van der Waals surface area contributed by atoms with Gasteiger partial charge in [0.05, 0.1) is 0 Å². The first-order chi connectivity index (χ1) is 6.03. The summed E-state index contributed by atoms with van der Waals surface area (Å²) in [5.41, 5.74) is 0.700. The minimum Gasteiger partial charge on any atom is -0.404 e. The van der Waals surface area contributed by atoms with Crippen LogP contribution in [0, 0.1) is 0 Å². The van der Waals surface area contributed by atoms with Crippen molar-refractivity contribution in [3.05, 3.63) is 29.8 Å². The van der Waals surface area contributed by atoms with Gasteiger partial charge in [-0.05, 0) is 6.07 Å². The summed E-state index contributed by atoms with van der Waals surface area (Å²) in [6, 6.07) is 6.65. The van der Waals surface area contributed by atoms with Crippen molar-refractivity contribution in [2.75, 3.05) is 0 Å². The van der Waals surface area contributed by atoms with E-state index in [9.17, 15) is 4.57 Å². The fraction of sp³-hybridized carbons (Fsp3) is 0.143. The molecule has 2 N–H and O–H groups in total. The lowest BCUT2D eigenvalue weighted by Crippen LogP contribution is -1.93. The summed E-state index contributed by atoms with van der Waals surface area (Å²) in [5, 5.41) is 0.489. The minimum absolute atomic E-state index is 0.202. The monoisotopic (exact) mass is 266 g/mol. The lowest BCUT2D eigenvalue weighted by molar-refractivity contribution is 0.282. The second kappa shape index (κ2) is 4.24. The molecule has 0 spiro atoms. The molecular weight excluding hydrogens is 259 g/mol. The molecule has 0 bridgehead atoms. The Morgan fingerprint density at radius 3 is 2.54 bits per heavy atom. The lowest BCUT2D eigenvalue weighted by Gasteiger charge is -2.09. The van der Waals surface area contributed by atoms with Gasteiger partial charge in [0.1, 0.15) is 5.75 Å². The smallest absolute Gasteiger partial charge is 0.404 e. The molecule has 0 aromatic heterocycles. The van der Waals surface area contributed by atoms with Crippen LogP contribution in [0.25, 0.3) is 0 Å². The van der Waals surface area contributed by atoms with Gasteiger partial charge < -0.3 is 4.52 Å². The van der Waals surface area contributed by atoms with Crippen molar-refractivity contribution < 1.29 is 18.9 Å². The van der Waals surface area contributed by atoms with Crippen LogP contribution in [0.2, 0.25) is 0 Å². The van der Waals surface area contributed by atoms with Gasteiger partial charge >= 0.3 is 7.82 Å². The Kier molecular flexibility index (Phi) is 3.50. The van der Waals surface area contributed by atoms with Crippen molar-refractivity contribution in [1.29, 1.82) is 0 Å². The molecule has 4 nitrogen and oxygen atoms in total. The molecule has 0 amide bonds. The van der Waals surface area contributed by atoms with Gasteiger partial charge in [-0.15, -0.1) is 0 Å². The van der Waals surface area contributed by atoms with Crippen LogP contribution < -0.4 is 4.52 Å². The molecule has 13 heavy (non-hydrogen) atoms. The number of benzene rings is 1. The van der Waals surface area contributed by atoms with E-state index in [1.54, 1.807) is 18.2 Å². The highest BCUT2D eigenvalue weighted by molar-refractivity contribution is 9.08. The zero-order valence-corrected chi connectivity index (χ0v) is 9.03. The van der Waals surface area contributed by atoms with Crippen molar-refractivity contribution in [2.45, 2.75) is 5.33 Å². The normalized spacial score (nSPS) is 11.3. The Balaban J connectivity index is 2.94. The summed E-state index contributed by atoms with van der Waals surface area (Å²) in [6.07, 6.45) is 0. The maximum atomic E-state index is 10.5. The second-order valence-electron chi connectivity index (χ2n) is 2.32. The molecular formula is C7H8BrO4P. The maximum absolute atomic E-state index is 10.5. The van der Waals surface area contributed by atoms with Crippen molar-refractivity contribution >= 4 is 23.8 Å². The molecule has 1 aromatic carbocycles. The van der Waals surface area contributed by atoms with Gasteiger partial charge in [-0.1, -0.05) is 34.1 Å². The van der Waals surface area contributed by atoms with Crippen LogP contribution in [0.5, 0.6) is 5.75 Å². The topological polar surface area (TPSA) is 66.8 Å². The van der Waals surface area contributed by atoms with E-state index in [0.29, 0.717) is 10.9 Å². The van der Waals surface area contributed by atoms with Crippen molar-refractivity contribution in [3.8, 4) is 5.75 Å². The molecule has 0 fully saturated rings. The number of phosphoric acid groups is 1. The predicted molar refractivity (Wildman–Crippen MR) is 51.7 cm³/mol. The summed E-state index contributed by atoms with van der Waals surface area (Å²) in [6.45, 7) is 0. The first-order valence-electron chi connectivity index (χ1n) is 3.42. The quantitative estimate of drug-likeness (QED) is 0.649. The molecule has 0 atom stereocenters. The van der Waals surface area contributed by atoms with Crippen molar-refractivity contribution in [3.63, 3.8) is 0 Å². The summed E-state index contributed by atoms with van der Waals surface area (Å²) in [7, 11) is -4.45. The Morgan fingerprint density at radius 2 is 2.00 bits per heavy atom. The highest BCUT2D eigenvalue weighted by Gasteiger charge is 2.17. The van der Waals surface area contributed by atoms with Gasteiger partial charge in [0.25, 0.3) is 0 Å². The van der Waals surface area contributed by atoms with E-state index in [-0.39, 0.29) is 5.75 Å². The fourth-order valence-electron chi connectivity index (χ4n) is 0.831. The molecule has 0 heterocycles. The number of para-hydroxylation sites is 1. The van der Waals surface area contributed by atoms with Crippen LogP contribution in [0.1, 0.15) is 5.56 Å². The molecule has 0 aliphatic rings. The molecule has 1 aromatic rings. The summed E-state index contributed by atoms with van der Waals surface area (Å²) in [4.78, 5) is 17.1. The van der Waals surface area contributed by atoms with E-state index in [1.165, 1.54) is 6.07 Å². The molecule has 0 aliphatic carbocycles. The highest BCUT2D eigenvalue weighted by Crippen LogP contribution is 2.39. The van der Waals surface area contributed by atoms with E-state index in [1.807, 2.05) is 0 Å². The van der Waals surface area contributed by atoms with E-state index < -0.39 is 7.82 Å². The Labute approximate surface area is 83.9 Å². The largest absolute Gasteiger partial charge is 0.524 e. The Hall–Kier alpha value is -0.350. The third kappa shape index (κ3) is 3.48. The average Bonchev–Trinajstić information content (AvgIpc) is 2.02. The van der Waals surface area contributed by atoms with E-state index in [4.69, 9.17) is 9.79 Å². The molecule has 72 valence electrons. The van der Waals surface area contributed by atoms with Crippen LogP contribution in [0.3, 0.4) is 0 Å². The summed E-state index contributed by atoms with van der Waals surface area (Å²) < 4.78 is 15.0. The average molecular weight is 267 g/mol. The fourth-order valence-corrected chi connectivity index (χ4v) is 1.73. The maximum Gasteiger partial charge on any atom is 0.524 e. The molecule has 0 unspecified atom stereocenters. The first kappa shape index (κ1) is 10.7. The highest BCUT2D eigenvalue weighted by atomic mass is 79.9. The Bertz CT molecular complexity index is 335. The number of rotatable bonds is 3. The van der Waals surface area contributed by atoms with Crippen LogP contribution in [-0.4, -0.2) is 9.79 Å². The number of hydrogen-bond donors (Lipinski definition) is 2. The number of hydrogen-bond acceptors (Lipinski definition) is 2. The van der Waals surface area contributed by atoms with Crippen LogP contribution in [0.4, 0.5) is 0 Å². The Morgan fingerprint density at radius 1 is 1.38 bits per heavy atom. The number of alkyl halides is 1. The molecule has 0 aliphatic heterocycles. The van der Waals surface area contributed by atoms with E-state index in [0.717, 1.165) is 0 Å². The standard InChI is InChI=1S/C7H8BrO4P/c8-5-6-3-1-2-4-7(6)12-13(9,10)11/h1-4H,5H2,(H2,9,10,11). The third-order valence-corrected chi connectivity index (χ3v) is 2.37. The second-order valence-corrected chi connectivity index (χ2v) is 4.05. The molecule has 0 saturated carbocycles. The summed E-state index contributed by atoms with van der Waals surface area (Å²) >= 11 is 3.18. The van der Waals surface area contributed by atoms with E-state index in [2.05, 4.69) is 20.5 Å². The van der Waals surface area contributed by atoms with Gasteiger partial charge in [-0.3, -0.25) is 9.79 Å². The predicted octanol–water partition coefficient (Wildman–Crippen LogP) is 2.05. The van der Waals surface area contributed by atoms with Crippen molar-refractivity contribution in [1.82, 2.24) is 0 Å². The SMILES string of the molecule is O=P(O)(O)Oc1ccccc1CBr.